The van der Waals surface area contributed by atoms with Gasteiger partial charge in [0.2, 0.25) is 5.91 Å². The van der Waals surface area contributed by atoms with E-state index < -0.39 is 6.10 Å². The van der Waals surface area contributed by atoms with Crippen molar-refractivity contribution < 1.29 is 14.6 Å². The van der Waals surface area contributed by atoms with Gasteiger partial charge in [-0.25, -0.2) is 0 Å². The predicted molar refractivity (Wildman–Crippen MR) is 82.2 cm³/mol. The molecule has 1 aromatic carbocycles. The molecule has 2 N–H and O–H groups in total. The third-order valence-electron chi connectivity index (χ3n) is 4.16. The molecule has 0 aromatic heterocycles. The van der Waals surface area contributed by atoms with Crippen LogP contribution in [0.3, 0.4) is 0 Å². The van der Waals surface area contributed by atoms with Crippen LogP contribution in [0.5, 0.6) is 5.75 Å². The van der Waals surface area contributed by atoms with Gasteiger partial charge in [-0.05, 0) is 44.2 Å². The van der Waals surface area contributed by atoms with Crippen LogP contribution >= 0.6 is 0 Å². The van der Waals surface area contributed by atoms with Crippen LogP contribution in [0.4, 0.5) is 0 Å². The summed E-state index contributed by atoms with van der Waals surface area (Å²) in [6, 6.07) is 7.88. The van der Waals surface area contributed by atoms with Gasteiger partial charge in [0.25, 0.3) is 0 Å². The van der Waals surface area contributed by atoms with Crippen molar-refractivity contribution in [2.24, 2.45) is 5.92 Å². The second-order valence-corrected chi connectivity index (χ2v) is 5.76. The monoisotopic (exact) mass is 291 g/mol. The molecule has 4 nitrogen and oxygen atoms in total. The average Bonchev–Trinajstić information content (AvgIpc) is 2.91. The normalized spacial score (nSPS) is 22.8. The van der Waals surface area contributed by atoms with Crippen molar-refractivity contribution in [3.8, 4) is 5.75 Å². The second-order valence-electron chi connectivity index (χ2n) is 5.76. The molecule has 0 saturated heterocycles. The van der Waals surface area contributed by atoms with Gasteiger partial charge in [-0.1, -0.05) is 25.1 Å². The van der Waals surface area contributed by atoms with Crippen molar-refractivity contribution in [3.63, 3.8) is 0 Å². The molecule has 3 atom stereocenters. The largest absolute Gasteiger partial charge is 0.488 e. The van der Waals surface area contributed by atoms with E-state index >= 15 is 0 Å². The lowest BCUT2D eigenvalue weighted by molar-refractivity contribution is -0.127. The van der Waals surface area contributed by atoms with Gasteiger partial charge in [0.05, 0.1) is 18.6 Å². The van der Waals surface area contributed by atoms with Gasteiger partial charge >= 0.3 is 0 Å². The Morgan fingerprint density at radius 3 is 2.81 bits per heavy atom. The molecule has 0 radical (unpaired) electrons. The van der Waals surface area contributed by atoms with E-state index in [9.17, 15) is 9.90 Å². The first-order chi connectivity index (χ1) is 10.1. The fraction of sp³-hybridized carbons (Fsp3) is 0.588. The van der Waals surface area contributed by atoms with Crippen LogP contribution in [0.15, 0.2) is 24.3 Å². The molecule has 1 aromatic rings. The molecule has 1 aliphatic carbocycles. The van der Waals surface area contributed by atoms with Crippen molar-refractivity contribution in [2.75, 3.05) is 6.54 Å². The molecular formula is C17H25NO3. The van der Waals surface area contributed by atoms with Crippen molar-refractivity contribution in [3.05, 3.63) is 29.8 Å². The van der Waals surface area contributed by atoms with E-state index in [0.717, 1.165) is 37.0 Å². The summed E-state index contributed by atoms with van der Waals surface area (Å²) in [6.07, 6.45) is 2.73. The lowest BCUT2D eigenvalue weighted by Gasteiger charge is -2.21. The summed E-state index contributed by atoms with van der Waals surface area (Å²) in [4.78, 5) is 12.1. The maximum Gasteiger partial charge on any atom is 0.225 e. The Morgan fingerprint density at radius 1 is 1.43 bits per heavy atom. The van der Waals surface area contributed by atoms with Crippen LogP contribution in [0.2, 0.25) is 0 Å². The first-order valence-corrected chi connectivity index (χ1v) is 7.80. The topological polar surface area (TPSA) is 58.6 Å². The van der Waals surface area contributed by atoms with E-state index in [1.807, 2.05) is 38.1 Å². The molecule has 0 bridgehead atoms. The molecule has 0 spiro atoms. The molecule has 0 heterocycles. The smallest absolute Gasteiger partial charge is 0.225 e. The highest BCUT2D eigenvalue weighted by atomic mass is 16.5. The Bertz CT molecular complexity index is 475. The van der Waals surface area contributed by atoms with Crippen LogP contribution in [-0.2, 0) is 4.79 Å². The van der Waals surface area contributed by atoms with E-state index in [0.29, 0.717) is 6.54 Å². The van der Waals surface area contributed by atoms with Crippen molar-refractivity contribution in [1.82, 2.24) is 5.32 Å². The van der Waals surface area contributed by atoms with Crippen LogP contribution in [0.25, 0.3) is 0 Å². The highest BCUT2D eigenvalue weighted by Crippen LogP contribution is 2.25. The molecule has 1 fully saturated rings. The fourth-order valence-electron chi connectivity index (χ4n) is 2.73. The molecule has 2 rings (SSSR count). The Morgan fingerprint density at radius 2 is 2.19 bits per heavy atom. The van der Waals surface area contributed by atoms with Gasteiger partial charge in [-0.3, -0.25) is 4.79 Å². The van der Waals surface area contributed by atoms with Crippen molar-refractivity contribution in [1.29, 1.82) is 0 Å². The highest BCUT2D eigenvalue weighted by molar-refractivity contribution is 5.79. The Kier molecular flexibility index (Phi) is 5.62. The summed E-state index contributed by atoms with van der Waals surface area (Å²) >= 11 is 0. The van der Waals surface area contributed by atoms with E-state index in [4.69, 9.17) is 4.74 Å². The molecule has 4 heteroatoms. The molecular weight excluding hydrogens is 266 g/mol. The number of aryl methyl sites for hydroxylation is 1. The number of rotatable bonds is 6. The first-order valence-electron chi connectivity index (χ1n) is 7.80. The van der Waals surface area contributed by atoms with Crippen molar-refractivity contribution in [2.45, 2.75) is 51.7 Å². The first kappa shape index (κ1) is 15.8. The molecule has 1 amide bonds. The summed E-state index contributed by atoms with van der Waals surface area (Å²) in [5, 5.41) is 12.7. The third-order valence-corrected chi connectivity index (χ3v) is 4.16. The molecule has 1 saturated carbocycles. The molecule has 1 aliphatic rings. The van der Waals surface area contributed by atoms with Crippen LogP contribution in [0.1, 0.15) is 38.2 Å². The molecule has 0 aliphatic heterocycles. The van der Waals surface area contributed by atoms with E-state index in [-0.39, 0.29) is 17.9 Å². The Labute approximate surface area is 126 Å². The van der Waals surface area contributed by atoms with Gasteiger partial charge in [0, 0.05) is 0 Å². The quantitative estimate of drug-likeness (QED) is 0.846. The van der Waals surface area contributed by atoms with Crippen LogP contribution in [0, 0.1) is 12.8 Å². The van der Waals surface area contributed by atoms with Gasteiger partial charge in [-0.15, -0.1) is 0 Å². The maximum atomic E-state index is 12.1. The van der Waals surface area contributed by atoms with Crippen LogP contribution < -0.4 is 10.1 Å². The number of aliphatic hydroxyl groups is 1. The minimum atomic E-state index is -0.484. The zero-order valence-electron chi connectivity index (χ0n) is 12.8. The van der Waals surface area contributed by atoms with E-state index in [2.05, 4.69) is 5.32 Å². The maximum absolute atomic E-state index is 12.1. The summed E-state index contributed by atoms with van der Waals surface area (Å²) in [7, 11) is 0. The zero-order valence-corrected chi connectivity index (χ0v) is 12.8. The number of aliphatic hydroxyl groups excluding tert-OH is 1. The highest BCUT2D eigenvalue weighted by Gasteiger charge is 2.31. The van der Waals surface area contributed by atoms with E-state index in [1.54, 1.807) is 0 Å². The number of nitrogens with one attached hydrogen (secondary N) is 1. The molecule has 3 unspecified atom stereocenters. The van der Waals surface area contributed by atoms with Crippen molar-refractivity contribution >= 4 is 5.91 Å². The number of benzene rings is 1. The summed E-state index contributed by atoms with van der Waals surface area (Å²) < 4.78 is 5.96. The minimum absolute atomic E-state index is 0.0476. The lowest BCUT2D eigenvalue weighted by atomic mass is 10.1. The van der Waals surface area contributed by atoms with Gasteiger partial charge in [0.15, 0.2) is 0 Å². The predicted octanol–water partition coefficient (Wildman–Crippen LogP) is 2.43. The van der Waals surface area contributed by atoms with Gasteiger partial charge < -0.3 is 15.2 Å². The summed E-state index contributed by atoms with van der Waals surface area (Å²) in [5.74, 6) is 0.562. The fourth-order valence-corrected chi connectivity index (χ4v) is 2.73. The Balaban J connectivity index is 1.85. The standard InChI is InChI=1S/C17H25NO3/c1-3-13(21-16-10-5-4-7-12(16)2)11-18-17(20)14-8-6-9-15(14)19/h4-5,7,10,13-15,19H,3,6,8-9,11H2,1-2H3,(H,18,20). The van der Waals surface area contributed by atoms with Gasteiger partial charge in [0.1, 0.15) is 11.9 Å². The van der Waals surface area contributed by atoms with Gasteiger partial charge in [-0.2, -0.15) is 0 Å². The minimum Gasteiger partial charge on any atom is -0.488 e. The lowest BCUT2D eigenvalue weighted by Crippen LogP contribution is -2.40. The van der Waals surface area contributed by atoms with Crippen LogP contribution in [-0.4, -0.2) is 29.8 Å². The molecule has 116 valence electrons. The number of carbonyl (C=O) groups is 1. The number of carbonyl (C=O) groups excluding carboxylic acids is 1. The summed E-state index contributed by atoms with van der Waals surface area (Å²) in [6.45, 7) is 4.53. The number of hydrogen-bond acceptors (Lipinski definition) is 3. The number of para-hydroxylation sites is 1. The third kappa shape index (κ3) is 4.21. The van der Waals surface area contributed by atoms with E-state index in [1.165, 1.54) is 0 Å². The second kappa shape index (κ2) is 7.46. The Hall–Kier alpha value is -1.55. The molecule has 21 heavy (non-hydrogen) atoms. The number of ether oxygens (including phenoxy) is 1. The SMILES string of the molecule is CCC(CNC(=O)C1CCCC1O)Oc1ccccc1C. The number of amides is 1. The average molecular weight is 291 g/mol. The zero-order chi connectivity index (χ0) is 15.2. The summed E-state index contributed by atoms with van der Waals surface area (Å²) in [5.41, 5.74) is 1.09. The number of hydrogen-bond donors (Lipinski definition) is 2.